The molecule has 0 aliphatic heterocycles. The highest BCUT2D eigenvalue weighted by Crippen LogP contribution is 2.26. The number of benzene rings is 2. The first-order valence-electron chi connectivity index (χ1n) is 8.81. The van der Waals surface area contributed by atoms with Gasteiger partial charge < -0.3 is 4.74 Å². The quantitative estimate of drug-likeness (QED) is 0.422. The van der Waals surface area contributed by atoms with Gasteiger partial charge in [-0.1, -0.05) is 35.6 Å². The molecule has 2 N–H and O–H groups in total. The summed E-state index contributed by atoms with van der Waals surface area (Å²) in [7, 11) is -4.08. The molecule has 0 fully saturated rings. The Hall–Kier alpha value is -3.31. The molecule has 0 atom stereocenters. The third-order valence-corrected chi connectivity index (χ3v) is 6.54. The summed E-state index contributed by atoms with van der Waals surface area (Å²) in [4.78, 5) is 24.2. The van der Waals surface area contributed by atoms with E-state index in [1.807, 2.05) is 0 Å². The molecular formula is C19H18N4O5S2. The van der Waals surface area contributed by atoms with Gasteiger partial charge in [0.2, 0.25) is 5.13 Å². The topological polar surface area (TPSA) is 127 Å². The number of ether oxygens (including phenoxy) is 1. The number of nitrogens with zero attached hydrogens (tertiary/aromatic N) is 2. The van der Waals surface area contributed by atoms with Crippen LogP contribution in [0.25, 0.3) is 0 Å². The number of nitrogens with one attached hydrogen (secondary N) is 2. The van der Waals surface area contributed by atoms with E-state index in [1.165, 1.54) is 6.07 Å². The zero-order valence-corrected chi connectivity index (χ0v) is 17.7. The lowest BCUT2D eigenvalue weighted by Gasteiger charge is -2.11. The fourth-order valence-electron chi connectivity index (χ4n) is 2.49. The zero-order chi connectivity index (χ0) is 21.7. The number of aromatic nitrogens is 2. The zero-order valence-electron chi connectivity index (χ0n) is 16.1. The monoisotopic (exact) mass is 446 g/mol. The third-order valence-electron chi connectivity index (χ3n) is 3.97. The molecule has 0 aliphatic carbocycles. The van der Waals surface area contributed by atoms with E-state index >= 15 is 0 Å². The smallest absolute Gasteiger partial charge is 0.338 e. The summed E-state index contributed by atoms with van der Waals surface area (Å²) in [5, 5.41) is 9.94. The molecule has 1 heterocycles. The first kappa shape index (κ1) is 21.4. The summed E-state index contributed by atoms with van der Waals surface area (Å²) in [6.45, 7) is 3.50. The van der Waals surface area contributed by atoms with Gasteiger partial charge in [-0.3, -0.25) is 14.8 Å². The Morgan fingerprint density at radius 1 is 1.07 bits per heavy atom. The average Bonchev–Trinajstić information content (AvgIpc) is 3.20. The normalized spacial score (nSPS) is 11.0. The van der Waals surface area contributed by atoms with Crippen LogP contribution in [0.5, 0.6) is 0 Å². The Kier molecular flexibility index (Phi) is 6.43. The van der Waals surface area contributed by atoms with Crippen molar-refractivity contribution in [3.63, 3.8) is 0 Å². The van der Waals surface area contributed by atoms with Crippen molar-refractivity contribution in [3.05, 3.63) is 65.2 Å². The average molecular weight is 447 g/mol. The minimum atomic E-state index is -4.08. The highest BCUT2D eigenvalue weighted by molar-refractivity contribution is 7.94. The van der Waals surface area contributed by atoms with Crippen molar-refractivity contribution in [3.8, 4) is 0 Å². The van der Waals surface area contributed by atoms with Crippen molar-refractivity contribution in [2.45, 2.75) is 18.2 Å². The SMILES string of the molecule is CCOC(=O)c1cccc(NS(=O)(=O)c2nnc(NC(=O)c3ccccc3)s2)c1C. The number of sulfonamides is 1. The fourth-order valence-corrected chi connectivity index (χ4v) is 4.51. The van der Waals surface area contributed by atoms with Crippen LogP contribution in [-0.2, 0) is 14.8 Å². The van der Waals surface area contributed by atoms with Gasteiger partial charge in [-0.25, -0.2) is 4.79 Å². The number of amides is 1. The van der Waals surface area contributed by atoms with Crippen LogP contribution in [0.2, 0.25) is 0 Å². The summed E-state index contributed by atoms with van der Waals surface area (Å²) in [5.41, 5.74) is 1.29. The van der Waals surface area contributed by atoms with Crippen molar-refractivity contribution >= 4 is 44.1 Å². The molecule has 0 saturated carbocycles. The number of carbonyl (C=O) groups excluding carboxylic acids is 2. The molecule has 1 aromatic heterocycles. The number of carbonyl (C=O) groups is 2. The van der Waals surface area contributed by atoms with E-state index in [1.54, 1.807) is 56.3 Å². The molecule has 2 aromatic carbocycles. The summed E-state index contributed by atoms with van der Waals surface area (Å²) in [6.07, 6.45) is 0. The Morgan fingerprint density at radius 3 is 2.50 bits per heavy atom. The number of anilines is 2. The summed E-state index contributed by atoms with van der Waals surface area (Å²) < 4.78 is 32.4. The van der Waals surface area contributed by atoms with Gasteiger partial charge in [0.05, 0.1) is 17.9 Å². The molecule has 3 aromatic rings. The van der Waals surface area contributed by atoms with E-state index in [2.05, 4.69) is 20.2 Å². The molecular weight excluding hydrogens is 428 g/mol. The largest absolute Gasteiger partial charge is 0.462 e. The first-order valence-corrected chi connectivity index (χ1v) is 11.1. The Balaban J connectivity index is 1.78. The highest BCUT2D eigenvalue weighted by Gasteiger charge is 2.23. The van der Waals surface area contributed by atoms with Gasteiger partial charge in [0, 0.05) is 5.56 Å². The van der Waals surface area contributed by atoms with E-state index in [-0.39, 0.29) is 27.3 Å². The molecule has 0 radical (unpaired) electrons. The molecule has 0 saturated heterocycles. The molecule has 0 aliphatic rings. The van der Waals surface area contributed by atoms with Crippen molar-refractivity contribution < 1.29 is 22.7 Å². The first-order chi connectivity index (χ1) is 14.3. The van der Waals surface area contributed by atoms with Gasteiger partial charge in [0.15, 0.2) is 0 Å². The van der Waals surface area contributed by atoms with Crippen LogP contribution in [0.1, 0.15) is 33.2 Å². The van der Waals surface area contributed by atoms with Gasteiger partial charge in [0.1, 0.15) is 0 Å². The van der Waals surface area contributed by atoms with Gasteiger partial charge in [-0.05, 0) is 43.7 Å². The standard InChI is InChI=1S/C19H18N4O5S2/c1-3-28-17(25)14-10-7-11-15(12(14)2)23-30(26,27)19-22-21-18(29-19)20-16(24)13-8-5-4-6-9-13/h4-11,23H,3H2,1-2H3,(H,20,21,24). The van der Waals surface area contributed by atoms with Crippen LogP contribution in [0.3, 0.4) is 0 Å². The lowest BCUT2D eigenvalue weighted by Crippen LogP contribution is -2.15. The number of rotatable bonds is 7. The lowest BCUT2D eigenvalue weighted by atomic mass is 10.1. The van der Waals surface area contributed by atoms with Crippen molar-refractivity contribution in [2.24, 2.45) is 0 Å². The summed E-state index contributed by atoms with van der Waals surface area (Å²) in [6, 6.07) is 13.1. The van der Waals surface area contributed by atoms with E-state index in [0.717, 1.165) is 0 Å². The number of esters is 1. The van der Waals surface area contributed by atoms with E-state index in [0.29, 0.717) is 22.5 Å². The second kappa shape index (κ2) is 9.01. The minimum absolute atomic E-state index is 0.0428. The predicted octanol–water partition coefficient (Wildman–Crippen LogP) is 3.08. The molecule has 9 nitrogen and oxygen atoms in total. The van der Waals surface area contributed by atoms with E-state index in [4.69, 9.17) is 4.74 Å². The Labute approximate surface area is 177 Å². The lowest BCUT2D eigenvalue weighted by molar-refractivity contribution is 0.0525. The van der Waals surface area contributed by atoms with Crippen molar-refractivity contribution in [1.82, 2.24) is 10.2 Å². The van der Waals surface area contributed by atoms with Gasteiger partial charge >= 0.3 is 5.97 Å². The number of hydrogen-bond acceptors (Lipinski definition) is 8. The third kappa shape index (κ3) is 4.81. The molecule has 0 bridgehead atoms. The van der Waals surface area contributed by atoms with Crippen molar-refractivity contribution in [2.75, 3.05) is 16.6 Å². The Morgan fingerprint density at radius 2 is 1.80 bits per heavy atom. The van der Waals surface area contributed by atoms with Crippen LogP contribution in [0.15, 0.2) is 52.9 Å². The van der Waals surface area contributed by atoms with Gasteiger partial charge in [-0.2, -0.15) is 8.42 Å². The fraction of sp³-hybridized carbons (Fsp3) is 0.158. The molecule has 1 amide bonds. The van der Waals surface area contributed by atoms with Crippen LogP contribution in [-0.4, -0.2) is 37.1 Å². The molecule has 0 unspecified atom stereocenters. The molecule has 0 spiro atoms. The summed E-state index contributed by atoms with van der Waals surface area (Å²) >= 11 is 0.710. The molecule has 11 heteroatoms. The maximum atomic E-state index is 12.7. The van der Waals surface area contributed by atoms with E-state index in [9.17, 15) is 18.0 Å². The minimum Gasteiger partial charge on any atom is -0.462 e. The maximum Gasteiger partial charge on any atom is 0.338 e. The van der Waals surface area contributed by atoms with Crippen LogP contribution >= 0.6 is 11.3 Å². The van der Waals surface area contributed by atoms with Gasteiger partial charge in [-0.15, -0.1) is 10.2 Å². The molecule has 3 rings (SSSR count). The maximum absolute atomic E-state index is 12.7. The van der Waals surface area contributed by atoms with Crippen LogP contribution < -0.4 is 10.0 Å². The van der Waals surface area contributed by atoms with Crippen LogP contribution in [0, 0.1) is 6.92 Å². The second-order valence-electron chi connectivity index (χ2n) is 6.00. The molecule has 156 valence electrons. The number of hydrogen-bond donors (Lipinski definition) is 2. The summed E-state index contributed by atoms with van der Waals surface area (Å²) in [5.74, 6) is -0.973. The van der Waals surface area contributed by atoms with Gasteiger partial charge in [0.25, 0.3) is 20.3 Å². The predicted molar refractivity (Wildman–Crippen MR) is 112 cm³/mol. The molecule has 30 heavy (non-hydrogen) atoms. The Bertz CT molecular complexity index is 1180. The second-order valence-corrected chi connectivity index (χ2v) is 8.83. The van der Waals surface area contributed by atoms with E-state index < -0.39 is 21.9 Å². The van der Waals surface area contributed by atoms with Crippen molar-refractivity contribution in [1.29, 1.82) is 0 Å². The highest BCUT2D eigenvalue weighted by atomic mass is 32.2. The van der Waals surface area contributed by atoms with Crippen LogP contribution in [0.4, 0.5) is 10.8 Å².